The van der Waals surface area contributed by atoms with Gasteiger partial charge in [0.15, 0.2) is 6.67 Å². The fourth-order valence-electron chi connectivity index (χ4n) is 7.89. The van der Waals surface area contributed by atoms with Crippen LogP contribution in [0.1, 0.15) is 107 Å². The number of hydrogen-bond donors (Lipinski definition) is 0. The van der Waals surface area contributed by atoms with Crippen LogP contribution in [0, 0.1) is 20.5 Å². The summed E-state index contributed by atoms with van der Waals surface area (Å²) in [6.45, 7) is 16.2. The third-order valence-electron chi connectivity index (χ3n) is 10.8. The highest BCUT2D eigenvalue weighted by atomic mass is 15.3. The molecule has 1 aliphatic heterocycles. The minimum Gasteiger partial charge on any atom is -0.321 e. The standard InChI is InChI=1S/C49H49N2/c1-34-29-44(36(3)40-19-11-7-12-20-40)48(45(30-34)37(4)41-21-13-8-14-22-41)50-27-28-51(33-50)49-46(38(5)42-23-15-9-16-24-42)31-35(2)32-47(49)39(6)43-25-17-10-18-26-43/h7-33,36-39H,1-6H3. The van der Waals surface area contributed by atoms with E-state index in [1.807, 2.05) is 0 Å². The van der Waals surface area contributed by atoms with E-state index in [0.29, 0.717) is 0 Å². The van der Waals surface area contributed by atoms with E-state index in [2.05, 4.69) is 216 Å². The largest absolute Gasteiger partial charge is 0.321 e. The van der Waals surface area contributed by atoms with Crippen molar-refractivity contribution in [3.8, 4) is 0 Å². The van der Waals surface area contributed by atoms with E-state index in [-0.39, 0.29) is 23.7 Å². The molecule has 0 spiro atoms. The Morgan fingerprint density at radius 1 is 0.353 bits per heavy atom. The Morgan fingerprint density at radius 3 is 0.824 bits per heavy atom. The van der Waals surface area contributed by atoms with Crippen molar-refractivity contribution in [2.45, 2.75) is 65.2 Å². The van der Waals surface area contributed by atoms with Crippen LogP contribution < -0.4 is 9.80 Å². The molecule has 6 aromatic rings. The van der Waals surface area contributed by atoms with Gasteiger partial charge in [0.25, 0.3) is 0 Å². The van der Waals surface area contributed by atoms with Crippen molar-refractivity contribution in [1.82, 2.24) is 0 Å². The van der Waals surface area contributed by atoms with Gasteiger partial charge in [0, 0.05) is 36.1 Å². The zero-order valence-electron chi connectivity index (χ0n) is 30.8. The Hall–Kier alpha value is -5.34. The molecule has 0 aromatic heterocycles. The minimum absolute atomic E-state index is 0.209. The topological polar surface area (TPSA) is 6.48 Å². The van der Waals surface area contributed by atoms with Gasteiger partial charge in [-0.2, -0.15) is 0 Å². The van der Waals surface area contributed by atoms with Gasteiger partial charge in [0.2, 0.25) is 0 Å². The Labute approximate surface area is 305 Å². The fraction of sp³-hybridized carbons (Fsp3) is 0.204. The zero-order chi connectivity index (χ0) is 35.5. The highest BCUT2D eigenvalue weighted by Crippen LogP contribution is 2.46. The molecule has 0 N–H and O–H groups in total. The quantitative estimate of drug-likeness (QED) is 0.144. The van der Waals surface area contributed by atoms with Gasteiger partial charge in [-0.05, 0) is 58.4 Å². The van der Waals surface area contributed by atoms with Crippen LogP contribution in [0.15, 0.2) is 158 Å². The number of nitrogens with zero attached hydrogens (tertiary/aromatic N) is 2. The molecule has 2 nitrogen and oxygen atoms in total. The summed E-state index contributed by atoms with van der Waals surface area (Å²) in [7, 11) is 0. The summed E-state index contributed by atoms with van der Waals surface area (Å²) in [5.74, 6) is 0.835. The monoisotopic (exact) mass is 665 g/mol. The molecule has 1 heterocycles. The van der Waals surface area contributed by atoms with Crippen LogP contribution in [0.4, 0.5) is 11.4 Å². The van der Waals surface area contributed by atoms with E-state index >= 15 is 0 Å². The fourth-order valence-corrected chi connectivity index (χ4v) is 7.89. The molecule has 0 fully saturated rings. The average Bonchev–Trinajstić information content (AvgIpc) is 3.66. The van der Waals surface area contributed by atoms with Crippen molar-refractivity contribution in [2.24, 2.45) is 0 Å². The maximum absolute atomic E-state index is 2.40. The van der Waals surface area contributed by atoms with E-state index in [1.54, 1.807) is 0 Å². The highest BCUT2D eigenvalue weighted by molar-refractivity contribution is 5.75. The smallest absolute Gasteiger partial charge is 0.150 e. The molecule has 4 atom stereocenters. The molecule has 0 bridgehead atoms. The average molecular weight is 666 g/mol. The third kappa shape index (κ3) is 7.01. The maximum atomic E-state index is 2.40. The van der Waals surface area contributed by atoms with Crippen molar-refractivity contribution < 1.29 is 0 Å². The number of benzene rings is 6. The van der Waals surface area contributed by atoms with Crippen LogP contribution >= 0.6 is 0 Å². The van der Waals surface area contributed by atoms with Gasteiger partial charge in [-0.15, -0.1) is 0 Å². The van der Waals surface area contributed by atoms with Crippen molar-refractivity contribution in [1.29, 1.82) is 0 Å². The molecule has 1 aliphatic rings. The van der Waals surface area contributed by atoms with Gasteiger partial charge in [-0.3, -0.25) is 0 Å². The highest BCUT2D eigenvalue weighted by Gasteiger charge is 2.31. The molecule has 0 aliphatic carbocycles. The molecule has 6 aromatic carbocycles. The zero-order valence-corrected chi connectivity index (χ0v) is 30.8. The Balaban J connectivity index is 1.37. The predicted molar refractivity (Wildman–Crippen MR) is 217 cm³/mol. The Bertz CT molecular complexity index is 1820. The van der Waals surface area contributed by atoms with Crippen molar-refractivity contribution in [2.75, 3.05) is 9.80 Å². The van der Waals surface area contributed by atoms with E-state index in [9.17, 15) is 0 Å². The van der Waals surface area contributed by atoms with E-state index < -0.39 is 0 Å². The van der Waals surface area contributed by atoms with Crippen molar-refractivity contribution in [3.63, 3.8) is 0 Å². The van der Waals surface area contributed by atoms with Gasteiger partial charge in [0.1, 0.15) is 0 Å². The summed E-state index contributed by atoms with van der Waals surface area (Å²) >= 11 is 0. The molecular weight excluding hydrogens is 617 g/mol. The van der Waals surface area contributed by atoms with Crippen LogP contribution in [0.25, 0.3) is 0 Å². The third-order valence-corrected chi connectivity index (χ3v) is 10.8. The first-order valence-corrected chi connectivity index (χ1v) is 18.4. The SMILES string of the molecule is Cc1cc(C(C)c2ccccc2)c(N2[CH]N(c3c(C(C)c4ccccc4)cc(C)cc3C(C)c3ccccc3)C=C2)c(C(C)c2ccccc2)c1. The van der Waals surface area contributed by atoms with E-state index in [4.69, 9.17) is 0 Å². The molecule has 7 rings (SSSR count). The molecule has 4 unspecified atom stereocenters. The summed E-state index contributed by atoms with van der Waals surface area (Å²) in [6.07, 6.45) is 4.53. The normalized spacial score (nSPS) is 15.1. The molecule has 255 valence electrons. The lowest BCUT2D eigenvalue weighted by molar-refractivity contribution is 0.862. The number of hydrogen-bond acceptors (Lipinski definition) is 2. The summed E-state index contributed by atoms with van der Waals surface area (Å²) in [4.78, 5) is 4.77. The van der Waals surface area contributed by atoms with Crippen LogP contribution in [-0.4, -0.2) is 0 Å². The second-order valence-corrected chi connectivity index (χ2v) is 14.3. The minimum atomic E-state index is 0.209. The predicted octanol–water partition coefficient (Wildman–Crippen LogP) is 12.8. The van der Waals surface area contributed by atoms with Gasteiger partial charge in [-0.1, -0.05) is 184 Å². The molecule has 0 saturated heterocycles. The molecule has 0 amide bonds. The second kappa shape index (κ2) is 14.9. The summed E-state index contributed by atoms with van der Waals surface area (Å²) in [6, 6.07) is 53.3. The van der Waals surface area contributed by atoms with Crippen molar-refractivity contribution in [3.05, 3.63) is 220 Å². The van der Waals surface area contributed by atoms with Crippen LogP contribution in [0.3, 0.4) is 0 Å². The van der Waals surface area contributed by atoms with Crippen molar-refractivity contribution >= 4 is 11.4 Å². The molecule has 51 heavy (non-hydrogen) atoms. The Morgan fingerprint density at radius 2 is 0.588 bits per heavy atom. The second-order valence-electron chi connectivity index (χ2n) is 14.3. The number of anilines is 2. The Kier molecular flexibility index (Phi) is 9.95. The lowest BCUT2D eigenvalue weighted by Crippen LogP contribution is -2.24. The summed E-state index contributed by atoms with van der Waals surface area (Å²) in [5, 5.41) is 0. The lowest BCUT2D eigenvalue weighted by Gasteiger charge is -2.33. The first kappa shape index (κ1) is 34.1. The summed E-state index contributed by atoms with van der Waals surface area (Å²) < 4.78 is 0. The molecule has 2 heteroatoms. The first-order valence-electron chi connectivity index (χ1n) is 18.4. The van der Waals surface area contributed by atoms with E-state index in [0.717, 1.165) is 0 Å². The van der Waals surface area contributed by atoms with Crippen LogP contribution in [-0.2, 0) is 0 Å². The molecular formula is C49H49N2. The van der Waals surface area contributed by atoms with Gasteiger partial charge in [0.05, 0.1) is 11.4 Å². The van der Waals surface area contributed by atoms with Gasteiger partial charge in [-0.25, -0.2) is 0 Å². The number of aryl methyl sites for hydroxylation is 2. The van der Waals surface area contributed by atoms with Gasteiger partial charge < -0.3 is 9.80 Å². The lowest BCUT2D eigenvalue weighted by atomic mass is 9.83. The van der Waals surface area contributed by atoms with E-state index in [1.165, 1.54) is 67.0 Å². The molecule has 1 radical (unpaired) electrons. The van der Waals surface area contributed by atoms with Crippen LogP contribution in [0.5, 0.6) is 0 Å². The number of rotatable bonds is 10. The van der Waals surface area contributed by atoms with Crippen LogP contribution in [0.2, 0.25) is 0 Å². The summed E-state index contributed by atoms with van der Waals surface area (Å²) in [5.41, 5.74) is 15.7. The first-order chi connectivity index (χ1) is 24.8. The maximum Gasteiger partial charge on any atom is 0.150 e. The molecule has 0 saturated carbocycles. The van der Waals surface area contributed by atoms with Gasteiger partial charge >= 0.3 is 0 Å².